The third-order valence-corrected chi connectivity index (χ3v) is 4.27. The van der Waals surface area contributed by atoms with Gasteiger partial charge in [0, 0.05) is 29.2 Å². The highest BCUT2D eigenvalue weighted by Gasteiger charge is 2.28. The van der Waals surface area contributed by atoms with Crippen LogP contribution in [0.2, 0.25) is 0 Å². The maximum atomic E-state index is 13.2. The summed E-state index contributed by atoms with van der Waals surface area (Å²) < 4.78 is 23.7. The highest BCUT2D eigenvalue weighted by Crippen LogP contribution is 2.39. The Bertz CT molecular complexity index is 1230. The van der Waals surface area contributed by atoms with Gasteiger partial charge in [0.2, 0.25) is 5.88 Å². The van der Waals surface area contributed by atoms with Gasteiger partial charge in [0.25, 0.3) is 5.91 Å². The Morgan fingerprint density at radius 1 is 1.26 bits per heavy atom. The summed E-state index contributed by atoms with van der Waals surface area (Å²) in [5, 5.41) is 13.4. The van der Waals surface area contributed by atoms with Crippen LogP contribution in [0.1, 0.15) is 21.7 Å². The first-order valence-corrected chi connectivity index (χ1v) is 8.97. The second kappa shape index (κ2) is 8.11. The lowest BCUT2D eigenvalue weighted by Crippen LogP contribution is -2.21. The molecule has 0 atom stereocenters. The van der Waals surface area contributed by atoms with Crippen molar-refractivity contribution in [3.63, 3.8) is 0 Å². The lowest BCUT2D eigenvalue weighted by atomic mass is 10.1. The number of rotatable bonds is 6. The molecule has 1 aliphatic rings. The molecular weight excluding hydrogens is 407 g/mol. The first-order valence-electron chi connectivity index (χ1n) is 8.97. The highest BCUT2D eigenvalue weighted by molar-refractivity contribution is 6.21. The number of nitrogens with two attached hydrogens (primary N) is 1. The molecule has 156 valence electrons. The zero-order valence-electron chi connectivity index (χ0n) is 15.8. The van der Waals surface area contributed by atoms with Crippen LogP contribution >= 0.6 is 0 Å². The van der Waals surface area contributed by atoms with Gasteiger partial charge >= 0.3 is 5.97 Å². The van der Waals surface area contributed by atoms with E-state index >= 15 is 0 Å². The Morgan fingerprint density at radius 2 is 2.03 bits per heavy atom. The smallest absolute Gasteiger partial charge is 0.348 e. The van der Waals surface area contributed by atoms with E-state index in [4.69, 9.17) is 14.9 Å². The van der Waals surface area contributed by atoms with Crippen molar-refractivity contribution < 1.29 is 28.2 Å². The molecule has 4 N–H and O–H groups in total. The Labute approximate surface area is 174 Å². The van der Waals surface area contributed by atoms with E-state index in [1.165, 1.54) is 36.6 Å². The summed E-state index contributed by atoms with van der Waals surface area (Å²) in [7, 11) is 0. The summed E-state index contributed by atoms with van der Waals surface area (Å²) in [4.78, 5) is 31.7. The number of allylic oxidation sites excluding steroid dienone is 1. The van der Waals surface area contributed by atoms with E-state index < -0.39 is 30.1 Å². The number of benzene rings is 1. The van der Waals surface area contributed by atoms with Gasteiger partial charge in [0.1, 0.15) is 5.82 Å². The molecule has 4 rings (SSSR count). The maximum absolute atomic E-state index is 13.2. The van der Waals surface area contributed by atoms with Crippen molar-refractivity contribution in [1.29, 1.82) is 0 Å². The van der Waals surface area contributed by atoms with Crippen molar-refractivity contribution in [3.05, 3.63) is 65.3 Å². The number of nitrogens with zero attached hydrogens (tertiary/aromatic N) is 2. The lowest BCUT2D eigenvalue weighted by Gasteiger charge is -2.06. The minimum atomic E-state index is -1.03. The van der Waals surface area contributed by atoms with Gasteiger partial charge in [-0.3, -0.25) is 4.79 Å². The summed E-state index contributed by atoms with van der Waals surface area (Å²) in [6.45, 7) is -0.679. The van der Waals surface area contributed by atoms with E-state index in [0.29, 0.717) is 22.6 Å². The second-order valence-electron chi connectivity index (χ2n) is 6.43. The number of esters is 1. The zero-order valence-corrected chi connectivity index (χ0v) is 15.8. The van der Waals surface area contributed by atoms with Crippen molar-refractivity contribution >= 4 is 47.1 Å². The minimum Gasteiger partial charge on any atom is -0.504 e. The number of ether oxygens (including phenoxy) is 1. The van der Waals surface area contributed by atoms with Gasteiger partial charge in [-0.1, -0.05) is 0 Å². The fourth-order valence-electron chi connectivity index (χ4n) is 2.87. The van der Waals surface area contributed by atoms with E-state index in [1.807, 2.05) is 0 Å². The van der Waals surface area contributed by atoms with Crippen LogP contribution in [0, 0.1) is 5.82 Å². The quantitative estimate of drug-likeness (QED) is 0.518. The fraction of sp³-hybridized carbons (Fsp3) is 0.0476. The monoisotopic (exact) mass is 422 g/mol. The third-order valence-electron chi connectivity index (χ3n) is 4.27. The average molecular weight is 422 g/mol. The number of aliphatic imine (C=N–C) groups is 1. The number of carbonyl (C=O) groups is 2. The fourth-order valence-corrected chi connectivity index (χ4v) is 2.87. The summed E-state index contributed by atoms with van der Waals surface area (Å²) in [6, 6.07) is 8.77. The number of nitrogens with one attached hydrogen (secondary N) is 1. The normalized spacial score (nSPS) is 13.3. The number of anilines is 2. The summed E-state index contributed by atoms with van der Waals surface area (Å²) in [5.74, 6) is -2.58. The number of carbonyl (C=O) groups excluding carboxylic acids is 2. The summed E-state index contributed by atoms with van der Waals surface area (Å²) in [6.07, 6.45) is 4.62. The van der Waals surface area contributed by atoms with Crippen LogP contribution in [0.25, 0.3) is 11.6 Å². The number of hydrogen-bond donors (Lipinski definition) is 3. The second-order valence-corrected chi connectivity index (χ2v) is 6.43. The molecule has 0 aliphatic carbocycles. The van der Waals surface area contributed by atoms with Crippen LogP contribution in [-0.4, -0.2) is 34.8 Å². The van der Waals surface area contributed by atoms with Crippen LogP contribution in [0.4, 0.5) is 21.8 Å². The van der Waals surface area contributed by atoms with Crippen molar-refractivity contribution in [3.8, 4) is 5.75 Å². The number of hydrogen-bond acceptors (Lipinski definition) is 8. The first-order chi connectivity index (χ1) is 14.9. The number of amides is 1. The van der Waals surface area contributed by atoms with Gasteiger partial charge < -0.3 is 25.3 Å². The van der Waals surface area contributed by atoms with Crippen LogP contribution in [0.5, 0.6) is 5.75 Å². The largest absolute Gasteiger partial charge is 0.504 e. The first kappa shape index (κ1) is 19.8. The number of aromatic hydroxyl groups is 1. The maximum Gasteiger partial charge on any atom is 0.348 e. The molecule has 3 heterocycles. The van der Waals surface area contributed by atoms with E-state index in [2.05, 4.69) is 15.3 Å². The molecule has 31 heavy (non-hydrogen) atoms. The Balaban J connectivity index is 1.74. The predicted octanol–water partition coefficient (Wildman–Crippen LogP) is 3.16. The van der Waals surface area contributed by atoms with Crippen molar-refractivity contribution in [2.75, 3.05) is 11.9 Å². The Hall–Kier alpha value is -4.47. The average Bonchev–Trinajstić information content (AvgIpc) is 3.29. The van der Waals surface area contributed by atoms with Crippen LogP contribution in [-0.2, 0) is 9.53 Å². The zero-order chi connectivity index (χ0) is 22.0. The van der Waals surface area contributed by atoms with Crippen LogP contribution in [0.3, 0.4) is 0 Å². The molecular formula is C21H15FN4O5. The summed E-state index contributed by atoms with van der Waals surface area (Å²) >= 11 is 0. The van der Waals surface area contributed by atoms with Crippen molar-refractivity contribution in [1.82, 2.24) is 4.98 Å². The van der Waals surface area contributed by atoms with Crippen LogP contribution in [0.15, 0.2) is 52.0 Å². The number of pyridine rings is 1. The van der Waals surface area contributed by atoms with Gasteiger partial charge in [0.05, 0.1) is 0 Å². The molecule has 3 aromatic rings. The van der Waals surface area contributed by atoms with Crippen LogP contribution < -0.4 is 11.1 Å². The van der Waals surface area contributed by atoms with Crippen molar-refractivity contribution in [2.24, 2.45) is 10.7 Å². The minimum absolute atomic E-state index is 0.0613. The lowest BCUT2D eigenvalue weighted by molar-refractivity contribution is -0.121. The molecule has 0 spiro atoms. The number of primary amides is 1. The molecule has 2 aromatic heterocycles. The number of aromatic nitrogens is 1. The molecule has 0 unspecified atom stereocenters. The molecule has 1 aliphatic heterocycles. The van der Waals surface area contributed by atoms with E-state index in [1.54, 1.807) is 18.3 Å². The number of fused-ring (bicyclic) bond motifs is 1. The standard InChI is InChI=1S/C21H15FN4O5/c22-12-3-5-13(6-4-12)26-20-17(21(29)30-10-16(23)27)18(28)15(31-20)8-11-9-25-19-14(11)2-1-7-24-19/h1-9,26,28H,10H2,(H2,23,27). The molecule has 0 saturated carbocycles. The van der Waals surface area contributed by atoms with Gasteiger partial charge in [-0.2, -0.15) is 0 Å². The third kappa shape index (κ3) is 4.13. The van der Waals surface area contributed by atoms with E-state index in [9.17, 15) is 19.1 Å². The molecule has 0 saturated heterocycles. The molecule has 1 aromatic carbocycles. The molecule has 1 amide bonds. The van der Waals surface area contributed by atoms with Gasteiger partial charge in [-0.25, -0.2) is 19.2 Å². The predicted molar refractivity (Wildman–Crippen MR) is 110 cm³/mol. The van der Waals surface area contributed by atoms with E-state index in [-0.39, 0.29) is 17.2 Å². The molecule has 0 fully saturated rings. The van der Waals surface area contributed by atoms with Gasteiger partial charge in [-0.15, -0.1) is 0 Å². The number of halogens is 1. The molecule has 9 nitrogen and oxygen atoms in total. The highest BCUT2D eigenvalue weighted by atomic mass is 19.1. The van der Waals surface area contributed by atoms with Gasteiger partial charge in [0.15, 0.2) is 29.5 Å². The Kier molecular flexibility index (Phi) is 5.19. The SMILES string of the molecule is NC(=O)COC(=O)c1c(Nc2ccc(F)cc2)oc(C=C2C=Nc3ncccc32)c1O. The van der Waals surface area contributed by atoms with E-state index in [0.717, 1.165) is 0 Å². The summed E-state index contributed by atoms with van der Waals surface area (Å²) in [5.41, 5.74) is 6.35. The topological polar surface area (TPSA) is 140 Å². The van der Waals surface area contributed by atoms with Gasteiger partial charge in [-0.05, 0) is 42.5 Å². The Morgan fingerprint density at radius 3 is 2.77 bits per heavy atom. The molecule has 0 radical (unpaired) electrons. The molecule has 10 heteroatoms. The molecule has 0 bridgehead atoms. The number of furan rings is 1. The van der Waals surface area contributed by atoms with Crippen molar-refractivity contribution in [2.45, 2.75) is 0 Å².